The Morgan fingerprint density at radius 3 is 2.93 bits per heavy atom. The van der Waals surface area contributed by atoms with Gasteiger partial charge in [-0.05, 0) is 36.8 Å². The SMILES string of the molecule is Cc1ccc2nc(NC(=O)CSc3nnc(-c4ccccc4Br)n3N)sc2c1. The molecule has 0 aliphatic carbocycles. The molecule has 0 radical (unpaired) electrons. The van der Waals surface area contributed by atoms with Crippen LogP contribution in [0.5, 0.6) is 0 Å². The standard InChI is InChI=1S/C18H15BrN6OS2/c1-10-6-7-13-14(8-10)28-17(21-13)22-15(26)9-27-18-24-23-16(25(18)20)11-4-2-3-5-12(11)19/h2-8H,9,20H2,1H3,(H,21,22,26). The Morgan fingerprint density at radius 1 is 1.29 bits per heavy atom. The van der Waals surface area contributed by atoms with Gasteiger partial charge < -0.3 is 11.2 Å². The van der Waals surface area contributed by atoms with Gasteiger partial charge in [-0.3, -0.25) is 4.79 Å². The highest BCUT2D eigenvalue weighted by atomic mass is 79.9. The Hall–Kier alpha value is -2.43. The molecule has 0 spiro atoms. The number of thioether (sulfide) groups is 1. The maximum Gasteiger partial charge on any atom is 0.236 e. The second-order valence-corrected chi connectivity index (χ2v) is 8.81. The number of anilines is 1. The molecule has 2 heterocycles. The van der Waals surface area contributed by atoms with E-state index in [0.717, 1.165) is 25.8 Å². The van der Waals surface area contributed by atoms with E-state index in [4.69, 9.17) is 5.84 Å². The first-order valence-electron chi connectivity index (χ1n) is 8.26. The molecule has 142 valence electrons. The molecule has 1 amide bonds. The van der Waals surface area contributed by atoms with Crippen molar-refractivity contribution in [2.45, 2.75) is 12.1 Å². The van der Waals surface area contributed by atoms with Crippen molar-refractivity contribution in [2.75, 3.05) is 16.9 Å². The molecule has 0 unspecified atom stereocenters. The van der Waals surface area contributed by atoms with E-state index < -0.39 is 0 Å². The summed E-state index contributed by atoms with van der Waals surface area (Å²) in [5, 5.41) is 12.1. The molecule has 10 heteroatoms. The molecule has 0 fully saturated rings. The molecule has 28 heavy (non-hydrogen) atoms. The Kier molecular flexibility index (Phi) is 5.33. The Labute approximate surface area is 177 Å². The summed E-state index contributed by atoms with van der Waals surface area (Å²) in [4.78, 5) is 16.7. The number of nitrogens with two attached hydrogens (primary N) is 1. The number of fused-ring (bicyclic) bond motifs is 1. The zero-order valence-electron chi connectivity index (χ0n) is 14.7. The number of amides is 1. The molecule has 0 atom stereocenters. The van der Waals surface area contributed by atoms with Crippen molar-refractivity contribution >= 4 is 60.3 Å². The third kappa shape index (κ3) is 3.89. The van der Waals surface area contributed by atoms with Crippen LogP contribution in [0.25, 0.3) is 21.6 Å². The maximum absolute atomic E-state index is 12.3. The van der Waals surface area contributed by atoms with E-state index in [2.05, 4.69) is 42.5 Å². The minimum absolute atomic E-state index is 0.153. The summed E-state index contributed by atoms with van der Waals surface area (Å²) in [6.07, 6.45) is 0. The minimum atomic E-state index is -0.175. The lowest BCUT2D eigenvalue weighted by atomic mass is 10.2. The van der Waals surface area contributed by atoms with E-state index >= 15 is 0 Å². The molecule has 4 rings (SSSR count). The number of nitrogens with one attached hydrogen (secondary N) is 1. The number of hydrogen-bond donors (Lipinski definition) is 2. The van der Waals surface area contributed by atoms with Crippen molar-refractivity contribution in [2.24, 2.45) is 0 Å². The Morgan fingerprint density at radius 2 is 2.11 bits per heavy atom. The first-order valence-corrected chi connectivity index (χ1v) is 10.9. The smallest absolute Gasteiger partial charge is 0.236 e. The third-order valence-electron chi connectivity index (χ3n) is 3.90. The largest absolute Gasteiger partial charge is 0.335 e. The lowest BCUT2D eigenvalue weighted by molar-refractivity contribution is -0.113. The average molecular weight is 475 g/mol. The van der Waals surface area contributed by atoms with Crippen molar-refractivity contribution in [1.82, 2.24) is 19.9 Å². The van der Waals surface area contributed by atoms with Gasteiger partial charge in [0.2, 0.25) is 11.1 Å². The molecular formula is C18H15BrN6OS2. The minimum Gasteiger partial charge on any atom is -0.335 e. The summed E-state index contributed by atoms with van der Waals surface area (Å²) in [6.45, 7) is 2.03. The first kappa shape index (κ1) is 18.9. The van der Waals surface area contributed by atoms with Crippen LogP contribution in [-0.2, 0) is 4.79 Å². The number of nitrogens with zero attached hydrogens (tertiary/aromatic N) is 4. The van der Waals surface area contributed by atoms with Crippen LogP contribution in [0.3, 0.4) is 0 Å². The van der Waals surface area contributed by atoms with Gasteiger partial charge in [-0.15, -0.1) is 10.2 Å². The quantitative estimate of drug-likeness (QED) is 0.334. The van der Waals surface area contributed by atoms with Gasteiger partial charge in [-0.25, -0.2) is 9.66 Å². The van der Waals surface area contributed by atoms with Crippen LogP contribution in [0.4, 0.5) is 5.13 Å². The van der Waals surface area contributed by atoms with Crippen LogP contribution >= 0.6 is 39.0 Å². The number of benzene rings is 2. The molecule has 7 nitrogen and oxygen atoms in total. The lowest BCUT2D eigenvalue weighted by Gasteiger charge is -2.05. The molecule has 4 aromatic rings. The number of carbonyl (C=O) groups excluding carboxylic acids is 1. The van der Waals surface area contributed by atoms with E-state index in [1.54, 1.807) is 0 Å². The van der Waals surface area contributed by atoms with Crippen LogP contribution in [0, 0.1) is 6.92 Å². The number of carbonyl (C=O) groups is 1. The zero-order chi connectivity index (χ0) is 19.7. The van der Waals surface area contributed by atoms with Gasteiger partial charge in [-0.2, -0.15) is 0 Å². The highest BCUT2D eigenvalue weighted by Crippen LogP contribution is 2.29. The van der Waals surface area contributed by atoms with E-state index in [1.807, 2.05) is 43.3 Å². The number of aromatic nitrogens is 4. The van der Waals surface area contributed by atoms with Gasteiger partial charge >= 0.3 is 0 Å². The second kappa shape index (κ2) is 7.90. The molecule has 0 saturated heterocycles. The van der Waals surface area contributed by atoms with Gasteiger partial charge in [0, 0.05) is 10.0 Å². The maximum atomic E-state index is 12.3. The monoisotopic (exact) mass is 474 g/mol. The van der Waals surface area contributed by atoms with Crippen molar-refractivity contribution < 1.29 is 4.79 Å². The summed E-state index contributed by atoms with van der Waals surface area (Å²) >= 11 is 6.15. The molecule has 0 saturated carbocycles. The molecule has 2 aromatic heterocycles. The predicted molar refractivity (Wildman–Crippen MR) is 117 cm³/mol. The van der Waals surface area contributed by atoms with E-state index in [1.165, 1.54) is 27.8 Å². The Bertz CT molecular complexity index is 1170. The normalized spacial score (nSPS) is 11.1. The number of thiazole rings is 1. The number of halogens is 1. The van der Waals surface area contributed by atoms with E-state index in [9.17, 15) is 4.79 Å². The summed E-state index contributed by atoms with van der Waals surface area (Å²) in [5.41, 5.74) is 2.87. The van der Waals surface area contributed by atoms with Crippen LogP contribution < -0.4 is 11.2 Å². The fourth-order valence-electron chi connectivity index (χ4n) is 2.57. The van der Waals surface area contributed by atoms with Crippen LogP contribution in [0.2, 0.25) is 0 Å². The van der Waals surface area contributed by atoms with Crippen molar-refractivity contribution in [3.05, 3.63) is 52.5 Å². The number of aryl methyl sites for hydroxylation is 1. The number of rotatable bonds is 5. The van der Waals surface area contributed by atoms with Gasteiger partial charge in [0.15, 0.2) is 11.0 Å². The van der Waals surface area contributed by atoms with Crippen molar-refractivity contribution in [1.29, 1.82) is 0 Å². The summed E-state index contributed by atoms with van der Waals surface area (Å²) in [6, 6.07) is 13.6. The van der Waals surface area contributed by atoms with Crippen LogP contribution in [0.1, 0.15) is 5.56 Å². The number of hydrogen-bond acceptors (Lipinski definition) is 7. The van der Waals surface area contributed by atoms with Crippen LogP contribution in [0.15, 0.2) is 52.1 Å². The molecule has 0 aliphatic rings. The van der Waals surface area contributed by atoms with Gasteiger partial charge in [0.1, 0.15) is 0 Å². The fraction of sp³-hybridized carbons (Fsp3) is 0.111. The van der Waals surface area contributed by atoms with Crippen molar-refractivity contribution in [3.63, 3.8) is 0 Å². The molecule has 0 aliphatic heterocycles. The third-order valence-corrected chi connectivity index (χ3v) is 6.47. The Balaban J connectivity index is 1.43. The van der Waals surface area contributed by atoms with E-state index in [0.29, 0.717) is 16.1 Å². The highest BCUT2D eigenvalue weighted by molar-refractivity contribution is 9.10. The van der Waals surface area contributed by atoms with Gasteiger partial charge in [0.05, 0.1) is 16.0 Å². The molecule has 0 bridgehead atoms. The summed E-state index contributed by atoms with van der Waals surface area (Å²) in [5.74, 6) is 6.62. The summed E-state index contributed by atoms with van der Waals surface area (Å²) in [7, 11) is 0. The number of nitrogen functional groups attached to an aromatic ring is 1. The molecule has 3 N–H and O–H groups in total. The second-order valence-electron chi connectivity index (χ2n) is 5.98. The average Bonchev–Trinajstić information content (AvgIpc) is 3.23. The lowest BCUT2D eigenvalue weighted by Crippen LogP contribution is -2.16. The zero-order valence-corrected chi connectivity index (χ0v) is 17.9. The summed E-state index contributed by atoms with van der Waals surface area (Å²) < 4.78 is 3.30. The van der Waals surface area contributed by atoms with Crippen LogP contribution in [-0.4, -0.2) is 31.5 Å². The van der Waals surface area contributed by atoms with Gasteiger partial charge in [0.25, 0.3) is 0 Å². The van der Waals surface area contributed by atoms with Crippen molar-refractivity contribution in [3.8, 4) is 11.4 Å². The predicted octanol–water partition coefficient (Wildman–Crippen LogP) is 4.07. The first-order chi connectivity index (χ1) is 13.5. The fourth-order valence-corrected chi connectivity index (χ4v) is 4.67. The van der Waals surface area contributed by atoms with Gasteiger partial charge in [-0.1, -0.05) is 57.2 Å². The highest BCUT2D eigenvalue weighted by Gasteiger charge is 2.16. The molecular weight excluding hydrogens is 460 g/mol. The topological polar surface area (TPSA) is 98.7 Å². The molecule has 2 aromatic carbocycles. The van der Waals surface area contributed by atoms with E-state index in [-0.39, 0.29) is 11.7 Å².